The third-order valence-corrected chi connectivity index (χ3v) is 0. The molecule has 0 saturated heterocycles. The van der Waals surface area contributed by atoms with E-state index in [0.717, 1.165) is 0 Å². The maximum absolute atomic E-state index is 0. The molecule has 0 unspecified atom stereocenters. The molecule has 4 heteroatoms. The van der Waals surface area contributed by atoms with Gasteiger partial charge in [0, 0.05) is 44.4 Å². The van der Waals surface area contributed by atoms with Crippen LogP contribution in [0.3, 0.4) is 0 Å². The third kappa shape index (κ3) is 10.1. The molecule has 0 fully saturated rings. The van der Waals surface area contributed by atoms with Gasteiger partial charge in [0.15, 0.2) is 0 Å². The first-order valence-electron chi connectivity index (χ1n) is 0. The maximum Gasteiger partial charge on any atom is 0 e. The summed E-state index contributed by atoms with van der Waals surface area (Å²) in [7, 11) is 0. The van der Waals surface area contributed by atoms with Gasteiger partial charge in [0.05, 0.1) is 0 Å². The van der Waals surface area contributed by atoms with Crippen molar-refractivity contribution < 1.29 is 55.3 Å². The zero-order chi connectivity index (χ0) is 0. The Morgan fingerprint density at radius 3 is 0.750 bits per heavy atom. The molecule has 0 aliphatic heterocycles. The van der Waals surface area contributed by atoms with E-state index in [-0.39, 0.29) is 55.3 Å². The summed E-state index contributed by atoms with van der Waals surface area (Å²) in [5, 5.41) is 0. The zero-order valence-corrected chi connectivity index (χ0v) is 7.30. The van der Waals surface area contributed by atoms with Crippen LogP contribution in [0.4, 0.5) is 0 Å². The van der Waals surface area contributed by atoms with Crippen molar-refractivity contribution in [3.05, 3.63) is 0 Å². The van der Waals surface area contributed by atoms with Gasteiger partial charge >= 0.3 is 0 Å². The molecule has 0 spiro atoms. The van der Waals surface area contributed by atoms with E-state index < -0.39 is 0 Å². The molecule has 0 bridgehead atoms. The van der Waals surface area contributed by atoms with Gasteiger partial charge in [0.25, 0.3) is 0 Å². The average molecular weight is 203 g/mol. The van der Waals surface area contributed by atoms with Crippen LogP contribution in [0, 0.1) is 0 Å². The van der Waals surface area contributed by atoms with E-state index in [0.29, 0.717) is 0 Å². The van der Waals surface area contributed by atoms with Crippen LogP contribution >= 0.6 is 0 Å². The summed E-state index contributed by atoms with van der Waals surface area (Å²) in [5.74, 6) is 0. The van der Waals surface area contributed by atoms with Crippen molar-refractivity contribution in [2.45, 2.75) is 0 Å². The van der Waals surface area contributed by atoms with Gasteiger partial charge < -0.3 is 11.0 Å². The normalized spacial score (nSPS) is 0. The van der Waals surface area contributed by atoms with Gasteiger partial charge in [-0.05, 0) is 0 Å². The summed E-state index contributed by atoms with van der Waals surface area (Å²) in [6.45, 7) is 0. The Labute approximate surface area is 55.2 Å². The SMILES string of the molecule is O.O.[Cd].[Mn]. The van der Waals surface area contributed by atoms with E-state index in [2.05, 4.69) is 0 Å². The van der Waals surface area contributed by atoms with Crippen LogP contribution < -0.4 is 0 Å². The molecule has 25 valence electrons. The third-order valence-electron chi connectivity index (χ3n) is 0. The summed E-state index contributed by atoms with van der Waals surface area (Å²) in [5.41, 5.74) is 0. The molecule has 4 heavy (non-hydrogen) atoms. The second-order valence-corrected chi connectivity index (χ2v) is 0. The van der Waals surface area contributed by atoms with E-state index in [9.17, 15) is 0 Å². The molecule has 0 aromatic carbocycles. The van der Waals surface area contributed by atoms with Crippen molar-refractivity contribution in [3.63, 3.8) is 0 Å². The minimum absolute atomic E-state index is 0. The van der Waals surface area contributed by atoms with E-state index in [4.69, 9.17) is 0 Å². The van der Waals surface area contributed by atoms with Crippen molar-refractivity contribution in [1.82, 2.24) is 0 Å². The molecular formula is H4CdMnO2. The second kappa shape index (κ2) is 26.6. The maximum atomic E-state index is 0. The van der Waals surface area contributed by atoms with Crippen LogP contribution in [0.2, 0.25) is 0 Å². The van der Waals surface area contributed by atoms with E-state index in [1.807, 2.05) is 0 Å². The van der Waals surface area contributed by atoms with Crippen LogP contribution in [0.15, 0.2) is 0 Å². The zero-order valence-electron chi connectivity index (χ0n) is 2.09. The number of rotatable bonds is 0. The quantitative estimate of drug-likeness (QED) is 0.423. The minimum atomic E-state index is 0. The average Bonchev–Trinajstić information content (AvgIpc) is 0. The predicted molar refractivity (Wildman–Crippen MR) is 7.23 cm³/mol. The summed E-state index contributed by atoms with van der Waals surface area (Å²) >= 11 is 0. The van der Waals surface area contributed by atoms with Gasteiger partial charge in [-0.1, -0.05) is 0 Å². The molecule has 0 atom stereocenters. The van der Waals surface area contributed by atoms with Crippen molar-refractivity contribution in [1.29, 1.82) is 0 Å². The smallest absolute Gasteiger partial charge is 0 e. The molecule has 0 aromatic heterocycles. The first-order chi connectivity index (χ1) is 0. The second-order valence-electron chi connectivity index (χ2n) is 0. The topological polar surface area (TPSA) is 63.0 Å². The molecule has 0 heterocycles. The molecule has 0 aliphatic rings. The largest absolute Gasteiger partial charge is 0.412 e. The number of hydrogen-bond acceptors (Lipinski definition) is 0. The molecule has 0 amide bonds. The van der Waals surface area contributed by atoms with Crippen LogP contribution in [0.25, 0.3) is 0 Å². The molecule has 4 N–H and O–H groups in total. The van der Waals surface area contributed by atoms with Crippen molar-refractivity contribution in [2.75, 3.05) is 0 Å². The summed E-state index contributed by atoms with van der Waals surface area (Å²) in [6.07, 6.45) is 0. The Balaban J connectivity index is 0. The van der Waals surface area contributed by atoms with Gasteiger partial charge in [-0.3, -0.25) is 0 Å². The van der Waals surface area contributed by atoms with Crippen molar-refractivity contribution in [3.8, 4) is 0 Å². The molecule has 0 rings (SSSR count). The van der Waals surface area contributed by atoms with Gasteiger partial charge in [0.1, 0.15) is 0 Å². The summed E-state index contributed by atoms with van der Waals surface area (Å²) < 4.78 is 0. The van der Waals surface area contributed by atoms with Crippen molar-refractivity contribution in [2.24, 2.45) is 0 Å². The van der Waals surface area contributed by atoms with Gasteiger partial charge in [-0.2, -0.15) is 0 Å². The van der Waals surface area contributed by atoms with Crippen LogP contribution in [-0.2, 0) is 44.4 Å². The van der Waals surface area contributed by atoms with Crippen LogP contribution in [-0.4, -0.2) is 11.0 Å². The fourth-order valence-electron chi connectivity index (χ4n) is 0. The summed E-state index contributed by atoms with van der Waals surface area (Å²) in [6, 6.07) is 0. The van der Waals surface area contributed by atoms with Gasteiger partial charge in [0.2, 0.25) is 0 Å². The molecule has 2 nitrogen and oxygen atoms in total. The van der Waals surface area contributed by atoms with Crippen LogP contribution in [0.5, 0.6) is 0 Å². The molecule has 0 saturated carbocycles. The number of hydrogen-bond donors (Lipinski definition) is 0. The molecule has 0 aliphatic carbocycles. The first kappa shape index (κ1) is 55.0. The van der Waals surface area contributed by atoms with Gasteiger partial charge in [-0.15, -0.1) is 0 Å². The van der Waals surface area contributed by atoms with E-state index in [1.165, 1.54) is 0 Å². The fraction of sp³-hybridized carbons (Fsp3) is 0. The Morgan fingerprint density at radius 1 is 0.750 bits per heavy atom. The molecular weight excluding hydrogens is 199 g/mol. The Kier molecular flexibility index (Phi) is 366. The van der Waals surface area contributed by atoms with Gasteiger partial charge in [-0.25, -0.2) is 0 Å². The first-order valence-corrected chi connectivity index (χ1v) is 0. The van der Waals surface area contributed by atoms with E-state index in [1.54, 1.807) is 0 Å². The molecule has 1 radical (unpaired) electrons. The Bertz CT molecular complexity index is 6.00. The molecule has 0 aromatic rings. The Hall–Kier alpha value is 1.36. The van der Waals surface area contributed by atoms with Crippen LogP contribution in [0.1, 0.15) is 0 Å². The monoisotopic (exact) mass is 205 g/mol. The standard InChI is InChI=1S/Cd.Mn.2H2O/h;;2*1H2. The minimum Gasteiger partial charge on any atom is -0.412 e. The fourth-order valence-corrected chi connectivity index (χ4v) is 0. The predicted octanol–water partition coefficient (Wildman–Crippen LogP) is -1.65. The van der Waals surface area contributed by atoms with E-state index >= 15 is 0 Å². The summed E-state index contributed by atoms with van der Waals surface area (Å²) in [4.78, 5) is 0. The Morgan fingerprint density at radius 2 is 0.750 bits per heavy atom. The van der Waals surface area contributed by atoms with Crippen molar-refractivity contribution >= 4 is 0 Å².